The number of methoxy groups -OCH3 is 1. The zero-order valence-corrected chi connectivity index (χ0v) is 8.64. The van der Waals surface area contributed by atoms with Gasteiger partial charge in [0.05, 0.1) is 19.6 Å². The Hall–Kier alpha value is -1.65. The third-order valence-corrected chi connectivity index (χ3v) is 2.77. The molecule has 1 aliphatic heterocycles. The van der Waals surface area contributed by atoms with Gasteiger partial charge < -0.3 is 9.30 Å². The first-order valence-electron chi connectivity index (χ1n) is 4.79. The van der Waals surface area contributed by atoms with Crippen LogP contribution in [0.25, 0.3) is 0 Å². The number of rotatable bonds is 1. The van der Waals surface area contributed by atoms with Crippen molar-refractivity contribution in [2.75, 3.05) is 7.11 Å². The van der Waals surface area contributed by atoms with E-state index < -0.39 is 11.9 Å². The van der Waals surface area contributed by atoms with Gasteiger partial charge in [-0.3, -0.25) is 9.59 Å². The van der Waals surface area contributed by atoms with Crippen LogP contribution in [0.1, 0.15) is 29.9 Å². The molecule has 15 heavy (non-hydrogen) atoms. The zero-order valence-electron chi connectivity index (χ0n) is 8.64. The molecule has 0 radical (unpaired) electrons. The molecule has 2 heterocycles. The van der Waals surface area contributed by atoms with Gasteiger partial charge in [0.2, 0.25) is 0 Å². The highest BCUT2D eigenvalue weighted by molar-refractivity contribution is 6.08. The lowest BCUT2D eigenvalue weighted by atomic mass is 9.90. The van der Waals surface area contributed by atoms with Crippen molar-refractivity contribution in [3.05, 3.63) is 18.2 Å². The van der Waals surface area contributed by atoms with Crippen molar-refractivity contribution in [2.24, 2.45) is 5.92 Å². The van der Waals surface area contributed by atoms with Gasteiger partial charge >= 0.3 is 5.97 Å². The third kappa shape index (κ3) is 1.44. The molecule has 0 fully saturated rings. The summed E-state index contributed by atoms with van der Waals surface area (Å²) in [5, 5.41) is 0. The molecule has 2 rings (SSSR count). The quantitative estimate of drug-likeness (QED) is 0.506. The van der Waals surface area contributed by atoms with Crippen molar-refractivity contribution in [1.82, 2.24) is 9.55 Å². The van der Waals surface area contributed by atoms with Gasteiger partial charge in [0.15, 0.2) is 5.78 Å². The Balaban J connectivity index is 2.37. The molecule has 0 aliphatic carbocycles. The molecule has 0 saturated heterocycles. The molecule has 0 saturated carbocycles. The van der Waals surface area contributed by atoms with Gasteiger partial charge in [0.1, 0.15) is 11.6 Å². The average molecular weight is 208 g/mol. The Kier molecular flexibility index (Phi) is 2.30. The van der Waals surface area contributed by atoms with Gasteiger partial charge in [-0.15, -0.1) is 0 Å². The van der Waals surface area contributed by atoms with Crippen LogP contribution >= 0.6 is 0 Å². The van der Waals surface area contributed by atoms with E-state index >= 15 is 0 Å². The second-order valence-electron chi connectivity index (χ2n) is 3.71. The molecule has 0 amide bonds. The van der Waals surface area contributed by atoms with Crippen LogP contribution in [-0.4, -0.2) is 28.4 Å². The predicted molar refractivity (Wildman–Crippen MR) is 51.4 cm³/mol. The van der Waals surface area contributed by atoms with E-state index in [0.29, 0.717) is 12.1 Å². The number of ether oxygens (including phenoxy) is 1. The summed E-state index contributed by atoms with van der Waals surface area (Å²) in [7, 11) is 1.30. The lowest BCUT2D eigenvalue weighted by Gasteiger charge is -2.26. The van der Waals surface area contributed by atoms with Crippen molar-refractivity contribution < 1.29 is 14.3 Å². The molecule has 1 aliphatic rings. The molecule has 1 aromatic heterocycles. The van der Waals surface area contributed by atoms with Crippen LogP contribution in [0.2, 0.25) is 0 Å². The number of carbonyl (C=O) groups is 2. The van der Waals surface area contributed by atoms with Gasteiger partial charge in [0.25, 0.3) is 0 Å². The summed E-state index contributed by atoms with van der Waals surface area (Å²) in [6.07, 6.45) is 3.59. The number of imidazole rings is 1. The van der Waals surface area contributed by atoms with Crippen LogP contribution in [-0.2, 0) is 9.53 Å². The fourth-order valence-electron chi connectivity index (χ4n) is 1.93. The molecule has 1 aromatic rings. The highest BCUT2D eigenvalue weighted by Crippen LogP contribution is 2.28. The van der Waals surface area contributed by atoms with Gasteiger partial charge in [0, 0.05) is 6.04 Å². The Labute approximate surface area is 87.1 Å². The summed E-state index contributed by atoms with van der Waals surface area (Å²) in [5.41, 5.74) is 0.490. The van der Waals surface area contributed by atoms with E-state index in [4.69, 9.17) is 0 Å². The minimum Gasteiger partial charge on any atom is -0.468 e. The molecular weight excluding hydrogens is 196 g/mol. The predicted octanol–water partition coefficient (Wildman–Crippen LogP) is 0.820. The van der Waals surface area contributed by atoms with E-state index in [0.717, 1.165) is 0 Å². The largest absolute Gasteiger partial charge is 0.468 e. The fourth-order valence-corrected chi connectivity index (χ4v) is 1.93. The Morgan fingerprint density at radius 1 is 1.67 bits per heavy atom. The zero-order chi connectivity index (χ0) is 11.0. The van der Waals surface area contributed by atoms with E-state index in [1.165, 1.54) is 13.3 Å². The highest BCUT2D eigenvalue weighted by Gasteiger charge is 2.37. The van der Waals surface area contributed by atoms with Crippen LogP contribution in [0.4, 0.5) is 0 Å². The maximum atomic E-state index is 11.9. The highest BCUT2D eigenvalue weighted by atomic mass is 16.5. The van der Waals surface area contributed by atoms with Crippen molar-refractivity contribution in [1.29, 1.82) is 0 Å². The van der Waals surface area contributed by atoms with E-state index in [1.807, 2.05) is 6.92 Å². The van der Waals surface area contributed by atoms with Crippen molar-refractivity contribution >= 4 is 11.8 Å². The lowest BCUT2D eigenvalue weighted by molar-refractivity contribution is -0.144. The molecule has 0 bridgehead atoms. The normalized spacial score (nSPS) is 24.8. The van der Waals surface area contributed by atoms with Gasteiger partial charge in [-0.05, 0) is 13.3 Å². The van der Waals surface area contributed by atoms with Gasteiger partial charge in [-0.2, -0.15) is 0 Å². The number of nitrogens with zero attached hydrogens (tertiary/aromatic N) is 2. The first kappa shape index (κ1) is 9.89. The standard InChI is InChI=1S/C10H12N2O3/c1-6-3-7(10(14)15-2)9(13)8-4-11-5-12(6)8/h4-7H,3H2,1-2H3. The Bertz CT molecular complexity index is 411. The summed E-state index contributed by atoms with van der Waals surface area (Å²) in [4.78, 5) is 27.2. The van der Waals surface area contributed by atoms with Crippen LogP contribution in [0, 0.1) is 5.92 Å². The first-order chi connectivity index (χ1) is 7.15. The van der Waals surface area contributed by atoms with Crippen LogP contribution in [0.5, 0.6) is 0 Å². The van der Waals surface area contributed by atoms with Gasteiger partial charge in [-0.25, -0.2) is 4.98 Å². The van der Waals surface area contributed by atoms with Crippen LogP contribution < -0.4 is 0 Å². The second kappa shape index (κ2) is 3.49. The fraction of sp³-hybridized carbons (Fsp3) is 0.500. The lowest BCUT2D eigenvalue weighted by Crippen LogP contribution is -2.34. The van der Waals surface area contributed by atoms with Crippen LogP contribution in [0.15, 0.2) is 12.5 Å². The Morgan fingerprint density at radius 3 is 3.07 bits per heavy atom. The molecule has 0 spiro atoms. The Morgan fingerprint density at radius 2 is 2.40 bits per heavy atom. The molecule has 0 N–H and O–H groups in total. The SMILES string of the molecule is COC(=O)C1CC(C)n2cncc2C1=O. The first-order valence-corrected chi connectivity index (χ1v) is 4.79. The van der Waals surface area contributed by atoms with Gasteiger partial charge in [-0.1, -0.05) is 0 Å². The number of hydrogen-bond donors (Lipinski definition) is 0. The minimum absolute atomic E-state index is 0.101. The number of aromatic nitrogens is 2. The van der Waals surface area contributed by atoms with E-state index in [-0.39, 0.29) is 11.8 Å². The molecular formula is C10H12N2O3. The van der Waals surface area contributed by atoms with Crippen molar-refractivity contribution in [3.8, 4) is 0 Å². The van der Waals surface area contributed by atoms with E-state index in [2.05, 4.69) is 9.72 Å². The summed E-state index contributed by atoms with van der Waals surface area (Å²) in [5.74, 6) is -1.33. The number of esters is 1. The molecule has 0 aromatic carbocycles. The maximum absolute atomic E-state index is 11.9. The molecule has 80 valence electrons. The minimum atomic E-state index is -0.672. The summed E-state index contributed by atoms with van der Waals surface area (Å²) < 4.78 is 6.40. The number of fused-ring (bicyclic) bond motifs is 1. The second-order valence-corrected chi connectivity index (χ2v) is 3.71. The summed E-state index contributed by atoms with van der Waals surface area (Å²) >= 11 is 0. The number of ketones is 1. The molecule has 2 atom stereocenters. The van der Waals surface area contributed by atoms with E-state index in [9.17, 15) is 9.59 Å². The maximum Gasteiger partial charge on any atom is 0.316 e. The smallest absolute Gasteiger partial charge is 0.316 e. The average Bonchev–Trinajstić information content (AvgIpc) is 2.71. The number of carbonyl (C=O) groups excluding carboxylic acids is 2. The topological polar surface area (TPSA) is 61.2 Å². The summed E-state index contributed by atoms with van der Waals surface area (Å²) in [6.45, 7) is 1.95. The van der Waals surface area contributed by atoms with Crippen molar-refractivity contribution in [3.63, 3.8) is 0 Å². The molecule has 5 nitrogen and oxygen atoms in total. The van der Waals surface area contributed by atoms with Crippen LogP contribution in [0.3, 0.4) is 0 Å². The number of Topliss-reactive ketones (excluding diaryl/α,β-unsaturated/α-hetero) is 1. The molecule has 5 heteroatoms. The molecule has 2 unspecified atom stereocenters. The summed E-state index contributed by atoms with van der Waals surface area (Å²) in [6, 6.07) is 0.101. The van der Waals surface area contributed by atoms with Crippen molar-refractivity contribution in [2.45, 2.75) is 19.4 Å². The monoisotopic (exact) mass is 208 g/mol. The third-order valence-electron chi connectivity index (χ3n) is 2.77. The number of hydrogen-bond acceptors (Lipinski definition) is 4. The van der Waals surface area contributed by atoms with E-state index in [1.54, 1.807) is 10.9 Å².